The summed E-state index contributed by atoms with van der Waals surface area (Å²) in [6.45, 7) is 1.96. The number of carbonyl (C=O) groups is 2. The Morgan fingerprint density at radius 3 is 2.73 bits per heavy atom. The van der Waals surface area contributed by atoms with Crippen molar-refractivity contribution in [2.24, 2.45) is 5.73 Å². The first-order valence-electron chi connectivity index (χ1n) is 6.30. The zero-order valence-corrected chi connectivity index (χ0v) is 13.4. The Morgan fingerprint density at radius 2 is 2.05 bits per heavy atom. The van der Waals surface area contributed by atoms with E-state index < -0.39 is 5.91 Å². The molecule has 22 heavy (non-hydrogen) atoms. The predicted octanol–water partition coefficient (Wildman–Crippen LogP) is -1.32. The number of rotatable bonds is 4. The van der Waals surface area contributed by atoms with Crippen molar-refractivity contribution >= 4 is 29.1 Å². The minimum Gasteiger partial charge on any atom is -1.00 e. The van der Waals surface area contributed by atoms with Gasteiger partial charge in [0, 0.05) is 16.8 Å². The standard InChI is InChI=1S/C15H14ClN3O2.ClH/c1-10-4-5-12(16)7-13(10)18-14(20)9-19-6-2-3-11(8-19)15(17)21;/h2-8H,9H2,1H3,(H2-,17,18,20,21);1H. The summed E-state index contributed by atoms with van der Waals surface area (Å²) in [7, 11) is 0. The van der Waals surface area contributed by atoms with Crippen LogP contribution in [0, 0.1) is 6.92 Å². The van der Waals surface area contributed by atoms with Crippen LogP contribution in [-0.4, -0.2) is 11.8 Å². The first-order chi connectivity index (χ1) is 9.95. The molecule has 0 bridgehead atoms. The van der Waals surface area contributed by atoms with E-state index in [9.17, 15) is 9.59 Å². The van der Waals surface area contributed by atoms with Crippen molar-refractivity contribution in [1.82, 2.24) is 0 Å². The van der Waals surface area contributed by atoms with Crippen LogP contribution in [0.15, 0.2) is 42.7 Å². The maximum atomic E-state index is 12.0. The zero-order chi connectivity index (χ0) is 15.4. The molecule has 0 saturated heterocycles. The van der Waals surface area contributed by atoms with E-state index in [0.717, 1.165) is 5.56 Å². The Hall–Kier alpha value is -2.11. The van der Waals surface area contributed by atoms with E-state index in [1.807, 2.05) is 13.0 Å². The Morgan fingerprint density at radius 1 is 1.32 bits per heavy atom. The van der Waals surface area contributed by atoms with E-state index in [2.05, 4.69) is 5.32 Å². The third-order valence-corrected chi connectivity index (χ3v) is 3.18. The summed E-state index contributed by atoms with van der Waals surface area (Å²) in [6.07, 6.45) is 3.23. The summed E-state index contributed by atoms with van der Waals surface area (Å²) in [5.41, 5.74) is 7.14. The minimum absolute atomic E-state index is 0. The first kappa shape index (κ1) is 17.9. The molecule has 0 spiro atoms. The highest BCUT2D eigenvalue weighted by molar-refractivity contribution is 6.31. The van der Waals surface area contributed by atoms with E-state index in [1.165, 1.54) is 6.20 Å². The van der Waals surface area contributed by atoms with Gasteiger partial charge in [-0.3, -0.25) is 9.59 Å². The topological polar surface area (TPSA) is 76.1 Å². The normalized spacial score (nSPS) is 9.73. The van der Waals surface area contributed by atoms with E-state index in [4.69, 9.17) is 17.3 Å². The van der Waals surface area contributed by atoms with E-state index in [0.29, 0.717) is 16.3 Å². The highest BCUT2D eigenvalue weighted by atomic mass is 35.5. The molecular weight excluding hydrogens is 325 g/mol. The van der Waals surface area contributed by atoms with Gasteiger partial charge in [-0.15, -0.1) is 0 Å². The number of amides is 2. The van der Waals surface area contributed by atoms with Crippen molar-refractivity contribution in [1.29, 1.82) is 0 Å². The fourth-order valence-corrected chi connectivity index (χ4v) is 2.02. The molecule has 7 heteroatoms. The number of aryl methyl sites for hydroxylation is 1. The molecule has 0 aliphatic carbocycles. The van der Waals surface area contributed by atoms with Crippen LogP contribution in [0.5, 0.6) is 0 Å². The van der Waals surface area contributed by atoms with Crippen LogP contribution >= 0.6 is 11.6 Å². The molecule has 2 rings (SSSR count). The van der Waals surface area contributed by atoms with Crippen LogP contribution in [0.2, 0.25) is 5.02 Å². The van der Waals surface area contributed by atoms with Gasteiger partial charge in [0.15, 0.2) is 12.4 Å². The molecule has 2 amide bonds. The molecule has 0 saturated carbocycles. The van der Waals surface area contributed by atoms with Crippen molar-refractivity contribution in [3.63, 3.8) is 0 Å². The number of anilines is 1. The van der Waals surface area contributed by atoms with Crippen LogP contribution < -0.4 is 28.0 Å². The second-order valence-corrected chi connectivity index (χ2v) is 5.07. The first-order valence-corrected chi connectivity index (χ1v) is 6.68. The third kappa shape index (κ3) is 4.72. The van der Waals surface area contributed by atoms with Crippen LogP contribution in [-0.2, 0) is 11.3 Å². The molecular formula is C15H15Cl2N3O2. The molecule has 0 radical (unpaired) electrons. The van der Waals surface area contributed by atoms with Crippen molar-refractivity contribution in [3.05, 3.63) is 58.9 Å². The monoisotopic (exact) mass is 339 g/mol. The summed E-state index contributed by atoms with van der Waals surface area (Å²) in [5, 5.41) is 3.34. The van der Waals surface area contributed by atoms with Gasteiger partial charge in [-0.2, -0.15) is 4.57 Å². The molecule has 0 unspecified atom stereocenters. The number of benzene rings is 1. The second-order valence-electron chi connectivity index (χ2n) is 4.64. The third-order valence-electron chi connectivity index (χ3n) is 2.94. The smallest absolute Gasteiger partial charge is 0.290 e. The number of nitrogens with one attached hydrogen (secondary N) is 1. The summed E-state index contributed by atoms with van der Waals surface area (Å²) in [6, 6.07) is 8.55. The molecule has 5 nitrogen and oxygen atoms in total. The van der Waals surface area contributed by atoms with Gasteiger partial charge in [0.25, 0.3) is 11.8 Å². The quantitative estimate of drug-likeness (QED) is 0.678. The van der Waals surface area contributed by atoms with Gasteiger partial charge in [-0.1, -0.05) is 17.7 Å². The average Bonchev–Trinajstić information content (AvgIpc) is 2.43. The highest BCUT2D eigenvalue weighted by Gasteiger charge is 2.13. The summed E-state index contributed by atoms with van der Waals surface area (Å²) >= 11 is 5.91. The molecule has 0 aliphatic heterocycles. The van der Waals surface area contributed by atoms with Gasteiger partial charge < -0.3 is 23.5 Å². The van der Waals surface area contributed by atoms with Gasteiger partial charge in [-0.25, -0.2) is 0 Å². The lowest BCUT2D eigenvalue weighted by atomic mass is 10.2. The fraction of sp³-hybridized carbons (Fsp3) is 0.133. The van der Waals surface area contributed by atoms with E-state index >= 15 is 0 Å². The molecule has 1 heterocycles. The van der Waals surface area contributed by atoms with Crippen molar-refractivity contribution in [2.45, 2.75) is 13.5 Å². The summed E-state index contributed by atoms with van der Waals surface area (Å²) in [4.78, 5) is 23.1. The van der Waals surface area contributed by atoms with Gasteiger partial charge in [-0.05, 0) is 30.7 Å². The molecule has 1 aromatic carbocycles. The van der Waals surface area contributed by atoms with Crippen LogP contribution in [0.25, 0.3) is 0 Å². The number of primary amides is 1. The Kier molecular flexibility index (Phi) is 6.34. The number of hydrogen-bond donors (Lipinski definition) is 2. The van der Waals surface area contributed by atoms with Gasteiger partial charge in [0.2, 0.25) is 6.54 Å². The second kappa shape index (κ2) is 7.77. The van der Waals surface area contributed by atoms with Crippen molar-refractivity contribution < 1.29 is 26.6 Å². The molecule has 3 N–H and O–H groups in total. The molecule has 0 atom stereocenters. The van der Waals surface area contributed by atoms with Crippen LogP contribution in [0.4, 0.5) is 5.69 Å². The number of nitrogens with two attached hydrogens (primary N) is 1. The maximum Gasteiger partial charge on any atom is 0.290 e. The van der Waals surface area contributed by atoms with Gasteiger partial charge >= 0.3 is 0 Å². The van der Waals surface area contributed by atoms with Crippen molar-refractivity contribution in [3.8, 4) is 0 Å². The van der Waals surface area contributed by atoms with E-state index in [1.54, 1.807) is 35.0 Å². The molecule has 116 valence electrons. The molecule has 0 fully saturated rings. The average molecular weight is 340 g/mol. The van der Waals surface area contributed by atoms with Crippen LogP contribution in [0.3, 0.4) is 0 Å². The number of hydrogen-bond acceptors (Lipinski definition) is 2. The predicted molar refractivity (Wildman–Crippen MR) is 80.0 cm³/mol. The lowest BCUT2D eigenvalue weighted by molar-refractivity contribution is -0.684. The molecule has 1 aromatic heterocycles. The minimum atomic E-state index is -0.532. The largest absolute Gasteiger partial charge is 1.00 e. The van der Waals surface area contributed by atoms with Crippen LogP contribution in [0.1, 0.15) is 15.9 Å². The number of aromatic nitrogens is 1. The Labute approximate surface area is 139 Å². The maximum absolute atomic E-state index is 12.0. The lowest BCUT2D eigenvalue weighted by Crippen LogP contribution is -3.00. The zero-order valence-electron chi connectivity index (χ0n) is 11.8. The van der Waals surface area contributed by atoms with Crippen molar-refractivity contribution in [2.75, 3.05) is 5.32 Å². The molecule has 0 aliphatic rings. The number of pyridine rings is 1. The number of nitrogens with zero attached hydrogens (tertiary/aromatic N) is 1. The fourth-order valence-electron chi connectivity index (χ4n) is 1.85. The number of carbonyl (C=O) groups excluding carboxylic acids is 2. The summed E-state index contributed by atoms with van der Waals surface area (Å²) in [5.74, 6) is -0.748. The van der Waals surface area contributed by atoms with Gasteiger partial charge in [0.05, 0.1) is 0 Å². The highest BCUT2D eigenvalue weighted by Crippen LogP contribution is 2.19. The van der Waals surface area contributed by atoms with Gasteiger partial charge in [0.1, 0.15) is 5.56 Å². The Bertz CT molecular complexity index is 705. The lowest BCUT2D eigenvalue weighted by Gasteiger charge is -2.07. The Balaban J connectivity index is 0.00000242. The van der Waals surface area contributed by atoms with E-state index in [-0.39, 0.29) is 24.9 Å². The summed E-state index contributed by atoms with van der Waals surface area (Å²) < 4.78 is 1.59. The molecule has 2 aromatic rings. The SMILES string of the molecule is Cc1ccc(Cl)cc1NC(=O)C[n+]1cccc(C(N)=O)c1.[Cl-]. The number of halogens is 2.